The summed E-state index contributed by atoms with van der Waals surface area (Å²) in [6, 6.07) is -0.211. The van der Waals surface area contributed by atoms with Crippen LogP contribution >= 0.6 is 0 Å². The van der Waals surface area contributed by atoms with Gasteiger partial charge in [0.2, 0.25) is 5.91 Å². The van der Waals surface area contributed by atoms with E-state index in [1.54, 1.807) is 0 Å². The fourth-order valence-corrected chi connectivity index (χ4v) is 4.93. The molecule has 0 unspecified atom stereocenters. The van der Waals surface area contributed by atoms with Crippen molar-refractivity contribution in [3.63, 3.8) is 0 Å². The molecule has 24 heavy (non-hydrogen) atoms. The third kappa shape index (κ3) is 3.59. The lowest BCUT2D eigenvalue weighted by Gasteiger charge is -2.31. The monoisotopic (exact) mass is 344 g/mol. The highest BCUT2D eigenvalue weighted by atomic mass is 19.3. The average Bonchev–Trinajstić information content (AvgIpc) is 3.25. The Morgan fingerprint density at radius 2 is 2.00 bits per heavy atom. The molecular formula is C18H30F2N2O2. The molecule has 2 saturated heterocycles. The Labute approximate surface area is 143 Å². The predicted molar refractivity (Wildman–Crippen MR) is 87.8 cm³/mol. The van der Waals surface area contributed by atoms with Gasteiger partial charge in [-0.25, -0.2) is 8.78 Å². The lowest BCUT2D eigenvalue weighted by Crippen LogP contribution is -2.45. The van der Waals surface area contributed by atoms with Gasteiger partial charge in [0.05, 0.1) is 19.2 Å². The van der Waals surface area contributed by atoms with Crippen molar-refractivity contribution in [3.05, 3.63) is 0 Å². The number of alkyl halides is 2. The van der Waals surface area contributed by atoms with E-state index in [1.807, 2.05) is 9.80 Å². The van der Waals surface area contributed by atoms with Gasteiger partial charge in [0, 0.05) is 32.0 Å². The molecule has 0 aromatic heterocycles. The molecule has 0 bridgehead atoms. The van der Waals surface area contributed by atoms with Gasteiger partial charge in [-0.3, -0.25) is 9.69 Å². The number of aliphatic hydroxyl groups excluding tert-OH is 1. The zero-order chi connectivity index (χ0) is 17.3. The van der Waals surface area contributed by atoms with Crippen molar-refractivity contribution in [1.82, 2.24) is 9.80 Å². The number of hydrogen-bond donors (Lipinski definition) is 1. The van der Waals surface area contributed by atoms with E-state index in [-0.39, 0.29) is 43.4 Å². The third-order valence-electron chi connectivity index (χ3n) is 6.35. The second-order valence-electron chi connectivity index (χ2n) is 7.90. The van der Waals surface area contributed by atoms with E-state index in [9.17, 15) is 18.7 Å². The van der Waals surface area contributed by atoms with E-state index in [0.29, 0.717) is 25.6 Å². The molecule has 2 heterocycles. The Morgan fingerprint density at radius 3 is 2.54 bits per heavy atom. The molecule has 2 aliphatic heterocycles. The van der Waals surface area contributed by atoms with Crippen LogP contribution in [-0.4, -0.2) is 65.6 Å². The molecule has 1 N–H and O–H groups in total. The zero-order valence-electron chi connectivity index (χ0n) is 14.6. The fraction of sp³-hybridized carbons (Fsp3) is 0.944. The number of nitrogens with zero attached hydrogens (tertiary/aromatic N) is 2. The normalized spacial score (nSPS) is 34.3. The maximum Gasteiger partial charge on any atom is 0.261 e. The van der Waals surface area contributed by atoms with Gasteiger partial charge in [-0.05, 0) is 24.7 Å². The lowest BCUT2D eigenvalue weighted by molar-refractivity contribution is -0.137. The van der Waals surface area contributed by atoms with Gasteiger partial charge in [0.1, 0.15) is 0 Å². The third-order valence-corrected chi connectivity index (χ3v) is 6.35. The summed E-state index contributed by atoms with van der Waals surface area (Å²) < 4.78 is 27.0. The van der Waals surface area contributed by atoms with Crippen LogP contribution in [0, 0.1) is 17.8 Å². The summed E-state index contributed by atoms with van der Waals surface area (Å²) in [5.41, 5.74) is 0. The first-order chi connectivity index (χ1) is 11.4. The van der Waals surface area contributed by atoms with Gasteiger partial charge in [-0.1, -0.05) is 26.2 Å². The summed E-state index contributed by atoms with van der Waals surface area (Å²) in [4.78, 5) is 16.5. The maximum atomic E-state index is 13.5. The predicted octanol–water partition coefficient (Wildman–Crippen LogP) is 2.36. The minimum atomic E-state index is -2.59. The first kappa shape index (κ1) is 18.1. The average molecular weight is 344 g/mol. The lowest BCUT2D eigenvalue weighted by atomic mass is 9.88. The molecule has 3 atom stereocenters. The van der Waals surface area contributed by atoms with Gasteiger partial charge in [-0.2, -0.15) is 0 Å². The number of carbonyl (C=O) groups excluding carboxylic acids is 1. The van der Waals surface area contributed by atoms with Gasteiger partial charge >= 0.3 is 0 Å². The first-order valence-electron chi connectivity index (χ1n) is 9.46. The van der Waals surface area contributed by atoms with Crippen molar-refractivity contribution in [2.24, 2.45) is 17.8 Å². The molecule has 3 aliphatic rings. The van der Waals surface area contributed by atoms with Crippen LogP contribution in [0.25, 0.3) is 0 Å². The molecule has 0 aromatic carbocycles. The van der Waals surface area contributed by atoms with Crippen molar-refractivity contribution in [2.75, 3.05) is 32.8 Å². The number of amides is 1. The molecule has 1 aliphatic carbocycles. The molecule has 0 radical (unpaired) electrons. The van der Waals surface area contributed by atoms with Crippen molar-refractivity contribution in [1.29, 1.82) is 0 Å². The highest BCUT2D eigenvalue weighted by Crippen LogP contribution is 2.37. The molecular weight excluding hydrogens is 314 g/mol. The van der Waals surface area contributed by atoms with Crippen LogP contribution < -0.4 is 0 Å². The molecule has 4 nitrogen and oxygen atoms in total. The van der Waals surface area contributed by atoms with Crippen LogP contribution in [0.3, 0.4) is 0 Å². The zero-order valence-corrected chi connectivity index (χ0v) is 14.6. The summed E-state index contributed by atoms with van der Waals surface area (Å²) in [5, 5.41) is 9.93. The van der Waals surface area contributed by atoms with Crippen molar-refractivity contribution in [3.8, 4) is 0 Å². The fourth-order valence-electron chi connectivity index (χ4n) is 4.93. The number of likely N-dealkylation sites (tertiary alicyclic amines) is 2. The number of rotatable bonds is 5. The van der Waals surface area contributed by atoms with Crippen LogP contribution in [0.2, 0.25) is 0 Å². The minimum absolute atomic E-state index is 0.0656. The van der Waals surface area contributed by atoms with E-state index in [1.165, 1.54) is 0 Å². The van der Waals surface area contributed by atoms with E-state index in [2.05, 4.69) is 6.92 Å². The van der Waals surface area contributed by atoms with E-state index >= 15 is 0 Å². The molecule has 0 aromatic rings. The van der Waals surface area contributed by atoms with Crippen molar-refractivity contribution < 1.29 is 18.7 Å². The molecule has 138 valence electrons. The number of hydrogen-bond acceptors (Lipinski definition) is 3. The van der Waals surface area contributed by atoms with Crippen LogP contribution in [0.5, 0.6) is 0 Å². The molecule has 6 heteroatoms. The van der Waals surface area contributed by atoms with Crippen LogP contribution in [0.15, 0.2) is 0 Å². The summed E-state index contributed by atoms with van der Waals surface area (Å²) in [7, 11) is 0. The van der Waals surface area contributed by atoms with Gasteiger partial charge in [0.25, 0.3) is 5.92 Å². The second kappa shape index (κ2) is 7.24. The van der Waals surface area contributed by atoms with E-state index in [0.717, 1.165) is 32.1 Å². The van der Waals surface area contributed by atoms with Crippen LogP contribution in [-0.2, 0) is 4.79 Å². The Kier molecular flexibility index (Phi) is 5.45. The molecule has 3 rings (SSSR count). The topological polar surface area (TPSA) is 43.8 Å². The van der Waals surface area contributed by atoms with E-state index in [4.69, 9.17) is 0 Å². The van der Waals surface area contributed by atoms with Gasteiger partial charge < -0.3 is 10.0 Å². The standard InChI is InChI=1S/C18H30F2N2O2/c1-2-13-9-22(17(24)14-5-3-4-6-14)16(11-23)15(13)10-21-8-7-18(19,20)12-21/h13-16,23H,2-12H2,1H3/t13-,15-,16-/m1/s1. The summed E-state index contributed by atoms with van der Waals surface area (Å²) in [6.07, 6.45) is 4.96. The molecule has 0 spiro atoms. The largest absolute Gasteiger partial charge is 0.394 e. The summed E-state index contributed by atoms with van der Waals surface area (Å²) in [5.74, 6) is -1.92. The Morgan fingerprint density at radius 1 is 1.29 bits per heavy atom. The van der Waals surface area contributed by atoms with Gasteiger partial charge in [0.15, 0.2) is 0 Å². The van der Waals surface area contributed by atoms with Crippen molar-refractivity contribution in [2.45, 2.75) is 57.4 Å². The summed E-state index contributed by atoms with van der Waals surface area (Å²) >= 11 is 0. The number of halogens is 2. The summed E-state index contributed by atoms with van der Waals surface area (Å²) in [6.45, 7) is 3.49. The van der Waals surface area contributed by atoms with Gasteiger partial charge in [-0.15, -0.1) is 0 Å². The SMILES string of the molecule is CC[C@@H]1CN(C(=O)C2CCCC2)[C@H](CO)[C@@H]1CN1CCC(F)(F)C1. The number of aliphatic hydroxyl groups is 1. The number of carbonyl (C=O) groups is 1. The molecule has 3 fully saturated rings. The maximum absolute atomic E-state index is 13.5. The quantitative estimate of drug-likeness (QED) is 0.833. The molecule has 1 saturated carbocycles. The highest BCUT2D eigenvalue weighted by molar-refractivity contribution is 5.79. The Bertz CT molecular complexity index is 454. The Balaban J connectivity index is 1.69. The smallest absolute Gasteiger partial charge is 0.261 e. The van der Waals surface area contributed by atoms with Crippen LogP contribution in [0.4, 0.5) is 8.78 Å². The first-order valence-corrected chi connectivity index (χ1v) is 9.46. The minimum Gasteiger partial charge on any atom is -0.394 e. The van der Waals surface area contributed by atoms with Crippen molar-refractivity contribution >= 4 is 5.91 Å². The molecule has 1 amide bonds. The second-order valence-corrected chi connectivity index (χ2v) is 7.90. The Hall–Kier alpha value is -0.750. The van der Waals surface area contributed by atoms with Crippen LogP contribution in [0.1, 0.15) is 45.4 Å². The highest BCUT2D eigenvalue weighted by Gasteiger charge is 2.47. The van der Waals surface area contributed by atoms with E-state index < -0.39 is 5.92 Å².